The van der Waals surface area contributed by atoms with E-state index in [0.29, 0.717) is 170 Å². The summed E-state index contributed by atoms with van der Waals surface area (Å²) in [5.74, 6) is -3.68. The van der Waals surface area contributed by atoms with Crippen molar-refractivity contribution in [3.8, 4) is 0 Å². The number of carbonyl (C=O) groups excluding carboxylic acids is 4. The van der Waals surface area contributed by atoms with Crippen molar-refractivity contribution >= 4 is 47.3 Å². The molecule has 2 fully saturated rings. The van der Waals surface area contributed by atoms with E-state index in [1.54, 1.807) is 37.2 Å². The van der Waals surface area contributed by atoms with E-state index in [1.165, 1.54) is 0 Å². The molecular weight excluding hydrogens is 2020 g/mol. The van der Waals surface area contributed by atoms with Crippen molar-refractivity contribution < 1.29 is 139 Å². The number of Topliss-reactive ketones (excluding diaryl/α,β-unsaturated/α-hetero) is 2. The molecule has 2 saturated heterocycles. The molecule has 34 nitrogen and oxygen atoms in total. The number of nitrogens with zero attached hydrogens (tertiary/aromatic N) is 20. The van der Waals surface area contributed by atoms with Gasteiger partial charge in [0.05, 0.1) is 45.7 Å². The number of carboxylic acids is 4. The monoisotopic (exact) mass is 2160 g/mol. The predicted octanol–water partition coefficient (Wildman–Crippen LogP) is 4.78. The maximum Gasteiger partial charge on any atom is 0.317 e. The molecule has 0 spiro atoms. The zero-order valence-corrected chi connectivity index (χ0v) is 83.5. The fourth-order valence-electron chi connectivity index (χ4n) is 16.2. The van der Waals surface area contributed by atoms with Gasteiger partial charge in [-0.2, -0.15) is 0 Å². The van der Waals surface area contributed by atoms with Gasteiger partial charge in [-0.05, 0) is 123 Å². The standard InChI is InChI=1S/2C50H71N11O6.2Gd/c62-47(14-9-25-56(26-15-43-10-1-5-20-51-43)27-16-44-11-2-6-21-52-44)40-59-34-32-58(30-19-49(64)65)33-35-60(37-39-61(38-36-59)42-50(66)67)41-48(63)55-24-31-57(28-17-45-12-3-7-22-53-45)29-18-46-13-4-8-23-54-46;62-47(14-9-25-56(26-15-43-10-1-5-20-51-43)27-16-44-11-2-6-21-52-44)40-59-36-38-60(41-49(64)65)34-32-58(33-35-61(39-37-59)42-50(66)67)30-19-48(63)55-24-31-57(28-17-45-12-3-7-22-53-45)29-18-46-13-4-8-23-54-46;;/h2*1-8,10-13,20-23H,9,14-19,24-42H2,(H,55,63)(H,64,65)(H,66,67);;. The van der Waals surface area contributed by atoms with Crippen LogP contribution in [0.15, 0.2) is 195 Å². The van der Waals surface area contributed by atoms with Gasteiger partial charge < -0.3 is 60.5 Å². The SMILES string of the molecule is O=C(O)CCN1CCN(CC(=O)CCCN(CCc2ccccn2)CCc2ccccn2)CCN(CC(=O)O)CCN(CC(=O)NCCN(CCc2ccccn2)CCc2ccccn2)CC1.O=C(O)CN1CCN(CCC(=O)NCCN(CCc2ccccn2)CCc2ccccn2)CCN(CC(=O)O)CCN(CC(=O)CCCN(CCc2ccccn2)CCc2ccccn2)CC1.[Gd].[Gd]. The predicted molar refractivity (Wildman–Crippen MR) is 515 cm³/mol. The first-order valence-corrected chi connectivity index (χ1v) is 47.6. The van der Waals surface area contributed by atoms with Crippen LogP contribution < -0.4 is 10.6 Å². The Morgan fingerprint density at radius 3 is 0.684 bits per heavy atom. The Morgan fingerprint density at radius 1 is 0.243 bits per heavy atom. The van der Waals surface area contributed by atoms with Crippen LogP contribution in [0.5, 0.6) is 0 Å². The van der Waals surface area contributed by atoms with E-state index in [2.05, 4.69) is 84.8 Å². The summed E-state index contributed by atoms with van der Waals surface area (Å²) in [4.78, 5) is 163. The Labute approximate surface area is 867 Å². The number of ketones is 2. The summed E-state index contributed by atoms with van der Waals surface area (Å²) in [5, 5.41) is 45.3. The van der Waals surface area contributed by atoms with Crippen molar-refractivity contribution in [1.29, 1.82) is 0 Å². The van der Waals surface area contributed by atoms with Crippen molar-refractivity contribution in [2.45, 2.75) is 89.9 Å². The van der Waals surface area contributed by atoms with Gasteiger partial charge >= 0.3 is 23.9 Å². The zero-order valence-electron chi connectivity index (χ0n) is 79.0. The number of aliphatic carboxylic acids is 4. The maximum absolute atomic E-state index is 13.6. The number of pyridine rings is 8. The molecule has 2 aliphatic heterocycles. The first-order valence-electron chi connectivity index (χ1n) is 47.6. The molecule has 0 aromatic carbocycles. The van der Waals surface area contributed by atoms with Gasteiger partial charge in [-0.25, -0.2) is 0 Å². The fraction of sp³-hybridized carbons (Fsp3) is 0.520. The van der Waals surface area contributed by atoms with E-state index in [-0.39, 0.29) is 155 Å². The Bertz CT molecular complexity index is 4270. The number of carboxylic acid groups (broad SMARTS) is 4. The summed E-state index contributed by atoms with van der Waals surface area (Å²) in [6.07, 6.45) is 23.2. The van der Waals surface area contributed by atoms with Crippen molar-refractivity contribution in [3.63, 3.8) is 0 Å². The number of aromatic nitrogens is 8. The van der Waals surface area contributed by atoms with Gasteiger partial charge in [0.2, 0.25) is 11.8 Å². The van der Waals surface area contributed by atoms with Crippen LogP contribution in [0.4, 0.5) is 0 Å². The third-order valence-corrected chi connectivity index (χ3v) is 24.0. The molecule has 6 N–H and O–H groups in total. The van der Waals surface area contributed by atoms with Gasteiger partial charge in [-0.15, -0.1) is 0 Å². The van der Waals surface area contributed by atoms with Crippen molar-refractivity contribution in [1.82, 2.24) is 109 Å². The molecule has 136 heavy (non-hydrogen) atoms. The van der Waals surface area contributed by atoms with E-state index in [0.717, 1.165) is 162 Å². The van der Waals surface area contributed by atoms with Crippen LogP contribution in [0.2, 0.25) is 0 Å². The third kappa shape index (κ3) is 52.0. The van der Waals surface area contributed by atoms with Gasteiger partial charge in [0.1, 0.15) is 11.6 Å². The number of rotatable bonds is 56. The molecule has 740 valence electrons. The van der Waals surface area contributed by atoms with Gasteiger partial charge in [0.15, 0.2) is 0 Å². The minimum absolute atomic E-state index is 0. The van der Waals surface area contributed by atoms with E-state index in [4.69, 9.17) is 0 Å². The molecule has 8 aromatic heterocycles. The molecule has 10 heterocycles. The second-order valence-corrected chi connectivity index (χ2v) is 34.3. The quantitative estimate of drug-likeness (QED) is 0.0299. The molecule has 0 unspecified atom stereocenters. The number of carbonyl (C=O) groups is 8. The van der Waals surface area contributed by atoms with Crippen molar-refractivity contribution in [2.75, 3.05) is 249 Å². The molecule has 2 amide bonds. The average Bonchev–Trinajstić information content (AvgIpc) is 0.897. The van der Waals surface area contributed by atoms with Crippen LogP contribution in [0.1, 0.15) is 84.1 Å². The Balaban J connectivity index is 0.000000365. The van der Waals surface area contributed by atoms with Crippen LogP contribution in [0, 0.1) is 79.9 Å². The number of hydrogen-bond acceptors (Lipinski definition) is 28. The molecular formula is C100H142Gd2N22O12. The van der Waals surface area contributed by atoms with Crippen molar-refractivity contribution in [2.24, 2.45) is 0 Å². The van der Waals surface area contributed by atoms with Gasteiger partial charge in [-0.3, -0.25) is 108 Å². The summed E-state index contributed by atoms with van der Waals surface area (Å²) in [6.45, 7) is 18.6. The van der Waals surface area contributed by atoms with E-state index in [1.807, 2.05) is 182 Å². The van der Waals surface area contributed by atoms with Crippen LogP contribution in [0.3, 0.4) is 0 Å². The molecule has 8 aromatic rings. The summed E-state index contributed by atoms with van der Waals surface area (Å²) in [7, 11) is 0. The minimum Gasteiger partial charge on any atom is -0.481 e. The second kappa shape index (κ2) is 69.4. The van der Waals surface area contributed by atoms with E-state index >= 15 is 0 Å². The molecule has 36 heteroatoms. The fourth-order valence-corrected chi connectivity index (χ4v) is 16.2. The van der Waals surface area contributed by atoms with Crippen LogP contribution in [0.25, 0.3) is 0 Å². The van der Waals surface area contributed by atoms with Gasteiger partial charge in [-0.1, -0.05) is 48.5 Å². The molecule has 0 radical (unpaired) electrons. The first kappa shape index (κ1) is 115. The average molecular weight is 2160 g/mol. The number of nitrogens with one attached hydrogen (secondary N) is 2. The Hall–Kier alpha value is -8.47. The smallest absolute Gasteiger partial charge is 0.317 e. The second-order valence-electron chi connectivity index (χ2n) is 34.3. The zero-order chi connectivity index (χ0) is 94.6. The van der Waals surface area contributed by atoms with Crippen LogP contribution in [-0.4, -0.2) is 415 Å². The Morgan fingerprint density at radius 2 is 0.456 bits per heavy atom. The first-order chi connectivity index (χ1) is 65.3. The Kier molecular flexibility index (Phi) is 58.4. The normalized spacial score (nSPS) is 14.7. The maximum atomic E-state index is 13.6. The summed E-state index contributed by atoms with van der Waals surface area (Å²) >= 11 is 0. The van der Waals surface area contributed by atoms with Crippen LogP contribution in [-0.2, 0) is 89.7 Å². The van der Waals surface area contributed by atoms with Crippen LogP contribution >= 0.6 is 0 Å². The van der Waals surface area contributed by atoms with Crippen molar-refractivity contribution in [3.05, 3.63) is 241 Å². The molecule has 0 atom stereocenters. The number of hydrogen-bond donors (Lipinski definition) is 6. The summed E-state index contributed by atoms with van der Waals surface area (Å²) in [6, 6.07) is 47.4. The van der Waals surface area contributed by atoms with E-state index < -0.39 is 23.9 Å². The molecule has 0 aliphatic carbocycles. The minimum atomic E-state index is -0.940. The molecule has 0 bridgehead atoms. The summed E-state index contributed by atoms with van der Waals surface area (Å²) in [5.41, 5.74) is 8.16. The third-order valence-electron chi connectivity index (χ3n) is 24.0. The van der Waals surface area contributed by atoms with Gasteiger partial charge in [0.25, 0.3) is 0 Å². The number of amides is 2. The van der Waals surface area contributed by atoms with Gasteiger partial charge in [0, 0.05) is 442 Å². The van der Waals surface area contributed by atoms with E-state index in [9.17, 15) is 58.8 Å². The molecule has 0 saturated carbocycles. The summed E-state index contributed by atoms with van der Waals surface area (Å²) < 4.78 is 0. The molecule has 10 rings (SSSR count). The largest absolute Gasteiger partial charge is 0.481 e. The molecule has 2 aliphatic rings. The topological polar surface area (TPSA) is 384 Å².